The molecule has 1 heterocycles. The van der Waals surface area contributed by atoms with Crippen molar-refractivity contribution < 1.29 is 19.1 Å². The molecule has 0 spiro atoms. The van der Waals surface area contributed by atoms with Crippen LogP contribution in [0.3, 0.4) is 0 Å². The minimum Gasteiger partial charge on any atom is -0.395 e. The number of halogens is 1. The largest absolute Gasteiger partial charge is 0.395 e. The molecule has 2 amide bonds. The Morgan fingerprint density at radius 2 is 1.69 bits per heavy atom. The lowest BCUT2D eigenvalue weighted by atomic mass is 9.92. The highest BCUT2D eigenvalue weighted by Gasteiger charge is 2.34. The molecular formula is C20H15FN2O3. The van der Waals surface area contributed by atoms with E-state index in [0.29, 0.717) is 23.1 Å². The Bertz CT molecular complexity index is 1030. The lowest BCUT2D eigenvalue weighted by molar-refractivity contribution is 0.0893. The van der Waals surface area contributed by atoms with Crippen molar-refractivity contribution in [2.45, 2.75) is 0 Å². The van der Waals surface area contributed by atoms with Gasteiger partial charge in [0.15, 0.2) is 0 Å². The molecule has 26 heavy (non-hydrogen) atoms. The zero-order valence-electron chi connectivity index (χ0n) is 13.7. The summed E-state index contributed by atoms with van der Waals surface area (Å²) >= 11 is 0. The van der Waals surface area contributed by atoms with Crippen LogP contribution in [0.25, 0.3) is 10.8 Å². The van der Waals surface area contributed by atoms with Gasteiger partial charge in [0.2, 0.25) is 0 Å². The van der Waals surface area contributed by atoms with E-state index in [-0.39, 0.29) is 12.3 Å². The van der Waals surface area contributed by atoms with Crippen LogP contribution in [0.4, 0.5) is 15.8 Å². The molecule has 0 aliphatic carbocycles. The Kier molecular flexibility index (Phi) is 3.89. The molecule has 4 rings (SSSR count). The highest BCUT2D eigenvalue weighted by Crippen LogP contribution is 2.36. The maximum absolute atomic E-state index is 13.6. The fourth-order valence-corrected chi connectivity index (χ4v) is 3.29. The first-order valence-corrected chi connectivity index (χ1v) is 8.16. The van der Waals surface area contributed by atoms with Gasteiger partial charge in [-0.25, -0.2) is 9.29 Å². The standard InChI is InChI=1S/C20H15FN2O3/c21-12-3-1-4-13(11-12)23-19(25)15-6-2-5-14-17(22-9-10-24)8-7-16(18(14)15)20(23)26/h1-8,11,22,24H,9-10H2. The van der Waals surface area contributed by atoms with Crippen LogP contribution in [0.15, 0.2) is 54.6 Å². The Hall–Kier alpha value is -3.25. The first-order valence-electron chi connectivity index (χ1n) is 8.16. The monoisotopic (exact) mass is 350 g/mol. The lowest BCUT2D eigenvalue weighted by Gasteiger charge is -2.28. The molecule has 6 heteroatoms. The minimum atomic E-state index is -0.518. The van der Waals surface area contributed by atoms with E-state index in [1.165, 1.54) is 18.2 Å². The highest BCUT2D eigenvalue weighted by atomic mass is 19.1. The average Bonchev–Trinajstić information content (AvgIpc) is 2.65. The lowest BCUT2D eigenvalue weighted by Crippen LogP contribution is -2.40. The second kappa shape index (κ2) is 6.24. The van der Waals surface area contributed by atoms with Gasteiger partial charge in [-0.1, -0.05) is 18.2 Å². The Morgan fingerprint density at radius 1 is 0.962 bits per heavy atom. The number of anilines is 2. The van der Waals surface area contributed by atoms with E-state index in [1.807, 2.05) is 6.07 Å². The number of aliphatic hydroxyl groups excluding tert-OH is 1. The van der Waals surface area contributed by atoms with Crippen molar-refractivity contribution in [3.05, 3.63) is 71.5 Å². The molecule has 0 fully saturated rings. The quantitative estimate of drug-likeness (QED) is 0.709. The molecule has 0 saturated heterocycles. The highest BCUT2D eigenvalue weighted by molar-refractivity contribution is 6.36. The van der Waals surface area contributed by atoms with Gasteiger partial charge in [-0.05, 0) is 36.4 Å². The summed E-state index contributed by atoms with van der Waals surface area (Å²) in [6, 6.07) is 14.0. The number of nitrogens with one attached hydrogen (secondary N) is 1. The number of amides is 2. The number of nitrogens with zero attached hydrogens (tertiary/aromatic N) is 1. The van der Waals surface area contributed by atoms with Gasteiger partial charge >= 0.3 is 0 Å². The minimum absolute atomic E-state index is 0.0336. The van der Waals surface area contributed by atoms with Gasteiger partial charge < -0.3 is 10.4 Å². The summed E-state index contributed by atoms with van der Waals surface area (Å²) in [7, 11) is 0. The molecule has 1 aliphatic rings. The molecule has 0 unspecified atom stereocenters. The van der Waals surface area contributed by atoms with Gasteiger partial charge in [-0.15, -0.1) is 0 Å². The summed E-state index contributed by atoms with van der Waals surface area (Å²) in [5, 5.41) is 13.4. The van der Waals surface area contributed by atoms with Crippen LogP contribution in [-0.2, 0) is 0 Å². The number of aliphatic hydroxyl groups is 1. The molecule has 2 N–H and O–H groups in total. The van der Waals surface area contributed by atoms with Crippen LogP contribution in [0, 0.1) is 5.82 Å². The van der Waals surface area contributed by atoms with Crippen molar-refractivity contribution in [3.8, 4) is 0 Å². The summed E-state index contributed by atoms with van der Waals surface area (Å²) in [5.41, 5.74) is 1.70. The van der Waals surface area contributed by atoms with Crippen molar-refractivity contribution in [2.24, 2.45) is 0 Å². The second-order valence-electron chi connectivity index (χ2n) is 5.96. The second-order valence-corrected chi connectivity index (χ2v) is 5.96. The molecule has 1 aliphatic heterocycles. The molecule has 5 nitrogen and oxygen atoms in total. The van der Waals surface area contributed by atoms with Crippen LogP contribution in [0.2, 0.25) is 0 Å². The zero-order chi connectivity index (χ0) is 18.3. The van der Waals surface area contributed by atoms with E-state index in [9.17, 15) is 14.0 Å². The SMILES string of the molecule is O=C1c2cccc3c(NCCO)ccc(c23)C(=O)N1c1cccc(F)c1. The van der Waals surface area contributed by atoms with E-state index >= 15 is 0 Å². The third kappa shape index (κ3) is 2.43. The average molecular weight is 350 g/mol. The summed E-state index contributed by atoms with van der Waals surface area (Å²) in [4.78, 5) is 26.9. The Morgan fingerprint density at radius 3 is 2.42 bits per heavy atom. The van der Waals surface area contributed by atoms with Gasteiger partial charge in [0.05, 0.1) is 12.3 Å². The molecule has 0 saturated carbocycles. The van der Waals surface area contributed by atoms with Crippen molar-refractivity contribution in [2.75, 3.05) is 23.4 Å². The van der Waals surface area contributed by atoms with Crippen LogP contribution in [-0.4, -0.2) is 30.1 Å². The Balaban J connectivity index is 1.91. The molecule has 0 atom stereocenters. The topological polar surface area (TPSA) is 69.6 Å². The van der Waals surface area contributed by atoms with Crippen LogP contribution in [0.5, 0.6) is 0 Å². The van der Waals surface area contributed by atoms with Crippen molar-refractivity contribution >= 4 is 34.0 Å². The summed E-state index contributed by atoms with van der Waals surface area (Å²) in [5.74, 6) is -1.49. The molecule has 0 radical (unpaired) electrons. The predicted molar refractivity (Wildman–Crippen MR) is 97.1 cm³/mol. The van der Waals surface area contributed by atoms with Gasteiger partial charge in [0.25, 0.3) is 11.8 Å². The Labute approximate surface area is 148 Å². The van der Waals surface area contributed by atoms with E-state index in [4.69, 9.17) is 5.11 Å². The molecule has 130 valence electrons. The molecule has 0 bridgehead atoms. The fraction of sp³-hybridized carbons (Fsp3) is 0.100. The van der Waals surface area contributed by atoms with Gasteiger partial charge in [-0.3, -0.25) is 9.59 Å². The van der Waals surface area contributed by atoms with Gasteiger partial charge in [0.1, 0.15) is 5.82 Å². The number of hydrogen-bond donors (Lipinski definition) is 2. The van der Waals surface area contributed by atoms with Crippen molar-refractivity contribution in [1.82, 2.24) is 0 Å². The van der Waals surface area contributed by atoms with Crippen LogP contribution >= 0.6 is 0 Å². The number of rotatable bonds is 4. The normalized spacial score (nSPS) is 13.4. The maximum Gasteiger partial charge on any atom is 0.265 e. The van der Waals surface area contributed by atoms with Crippen molar-refractivity contribution in [1.29, 1.82) is 0 Å². The van der Waals surface area contributed by atoms with Gasteiger partial charge in [0, 0.05) is 34.1 Å². The number of carbonyl (C=O) groups is 2. The summed E-state index contributed by atoms with van der Waals surface area (Å²) in [6.07, 6.45) is 0. The van der Waals surface area contributed by atoms with Crippen LogP contribution in [0.1, 0.15) is 20.7 Å². The number of benzene rings is 3. The first kappa shape index (κ1) is 16.2. The molecular weight excluding hydrogens is 335 g/mol. The van der Waals surface area contributed by atoms with E-state index in [2.05, 4.69) is 5.32 Å². The van der Waals surface area contributed by atoms with E-state index < -0.39 is 17.6 Å². The van der Waals surface area contributed by atoms with E-state index in [0.717, 1.165) is 22.0 Å². The predicted octanol–water partition coefficient (Wildman–Crippen LogP) is 3.18. The first-order chi connectivity index (χ1) is 12.6. The van der Waals surface area contributed by atoms with Crippen molar-refractivity contribution in [3.63, 3.8) is 0 Å². The fourth-order valence-electron chi connectivity index (χ4n) is 3.29. The van der Waals surface area contributed by atoms with E-state index in [1.54, 1.807) is 24.3 Å². The third-order valence-electron chi connectivity index (χ3n) is 4.40. The van der Waals surface area contributed by atoms with Gasteiger partial charge in [-0.2, -0.15) is 0 Å². The third-order valence-corrected chi connectivity index (χ3v) is 4.40. The number of hydrogen-bond acceptors (Lipinski definition) is 4. The molecule has 3 aromatic carbocycles. The number of carbonyl (C=O) groups excluding carboxylic acids is 2. The summed E-state index contributed by atoms with van der Waals surface area (Å²) in [6.45, 7) is 0.324. The maximum atomic E-state index is 13.6. The summed E-state index contributed by atoms with van der Waals surface area (Å²) < 4.78 is 13.6. The van der Waals surface area contributed by atoms with Crippen LogP contribution < -0.4 is 10.2 Å². The molecule has 3 aromatic rings. The zero-order valence-corrected chi connectivity index (χ0v) is 13.7. The number of imide groups is 1. The molecule has 0 aromatic heterocycles. The smallest absolute Gasteiger partial charge is 0.265 e.